The number of nitrogens with zero attached hydrogens (tertiary/aromatic N) is 5. The number of carbonyl (C=O) groups is 1. The number of anilines is 2. The van der Waals surface area contributed by atoms with Gasteiger partial charge in [-0.05, 0) is 42.0 Å². The molecule has 0 aliphatic carbocycles. The molecule has 5 rings (SSSR count). The molecular weight excluding hydrogens is 642 g/mol. The van der Waals surface area contributed by atoms with Gasteiger partial charge in [-0.3, -0.25) is 5.10 Å². The topological polar surface area (TPSA) is 165 Å². The summed E-state index contributed by atoms with van der Waals surface area (Å²) in [7, 11) is -4.12. The number of halogens is 5. The van der Waals surface area contributed by atoms with Gasteiger partial charge < -0.3 is 14.6 Å². The SMILES string of the molecule is O=C(On1nc(C2(Cc3cccc(Nc4ccn[nH]4)n3)CCN(S(=O)(=O)c3cccc(Cl)c3Cl)CC2)oc1=O)C(F)(F)F. The maximum Gasteiger partial charge on any atom is 0.493 e. The third kappa shape index (κ3) is 6.39. The van der Waals surface area contributed by atoms with Crippen LogP contribution in [0.25, 0.3) is 0 Å². The number of pyridine rings is 1. The van der Waals surface area contributed by atoms with E-state index in [4.69, 9.17) is 27.6 Å². The molecule has 19 heteroatoms. The zero-order chi connectivity index (χ0) is 31.0. The third-order valence-corrected chi connectivity index (χ3v) is 9.55. The Bertz CT molecular complexity index is 1800. The van der Waals surface area contributed by atoms with Crippen LogP contribution in [0.4, 0.5) is 24.8 Å². The van der Waals surface area contributed by atoms with E-state index in [1.165, 1.54) is 24.4 Å². The lowest BCUT2D eigenvalue weighted by Crippen LogP contribution is -2.46. The Morgan fingerprint density at radius 3 is 2.53 bits per heavy atom. The molecule has 2 N–H and O–H groups in total. The molecule has 0 radical (unpaired) electrons. The van der Waals surface area contributed by atoms with E-state index in [9.17, 15) is 31.2 Å². The van der Waals surface area contributed by atoms with Crippen molar-refractivity contribution in [2.45, 2.75) is 35.7 Å². The first-order valence-electron chi connectivity index (χ1n) is 12.4. The second-order valence-electron chi connectivity index (χ2n) is 9.45. The van der Waals surface area contributed by atoms with Crippen molar-refractivity contribution in [3.8, 4) is 0 Å². The molecule has 4 heterocycles. The van der Waals surface area contributed by atoms with E-state index in [0.717, 1.165) is 4.31 Å². The average Bonchev–Trinajstić information content (AvgIpc) is 3.60. The van der Waals surface area contributed by atoms with Gasteiger partial charge in [0.2, 0.25) is 15.9 Å². The van der Waals surface area contributed by atoms with Crippen LogP contribution in [0.5, 0.6) is 0 Å². The van der Waals surface area contributed by atoms with Crippen LogP contribution in [0.15, 0.2) is 62.8 Å². The quantitative estimate of drug-likeness (QED) is 0.285. The molecule has 0 unspecified atom stereocenters. The monoisotopic (exact) mass is 661 g/mol. The smallest absolute Gasteiger partial charge is 0.389 e. The second kappa shape index (κ2) is 11.6. The fraction of sp³-hybridized carbons (Fsp3) is 0.292. The number of nitrogens with one attached hydrogen (secondary N) is 2. The highest BCUT2D eigenvalue weighted by Crippen LogP contribution is 2.40. The van der Waals surface area contributed by atoms with Crippen LogP contribution in [-0.4, -0.2) is 63.1 Å². The number of sulfonamides is 1. The van der Waals surface area contributed by atoms with Gasteiger partial charge in [-0.2, -0.15) is 22.6 Å². The lowest BCUT2D eigenvalue weighted by atomic mass is 9.75. The average molecular weight is 662 g/mol. The van der Waals surface area contributed by atoms with E-state index >= 15 is 0 Å². The standard InChI is InChI=1S/C24H20Cl2F3N7O6S/c25-15-4-2-5-16(19(15)26)43(39,40)35-11-8-23(9-12-35,20-34-36(22(38)41-20)42-21(37)24(27,28)29)13-14-3-1-6-17(31-14)32-18-7-10-30-33-18/h1-7,10H,8-9,11-13H2,(H2,30,31,32,33). The van der Waals surface area contributed by atoms with Gasteiger partial charge in [0, 0.05) is 31.3 Å². The Labute approximate surface area is 250 Å². The number of H-pyrrole nitrogens is 1. The van der Waals surface area contributed by atoms with Gasteiger partial charge in [0.15, 0.2) is 0 Å². The largest absolute Gasteiger partial charge is 0.493 e. The van der Waals surface area contributed by atoms with Gasteiger partial charge >= 0.3 is 17.9 Å². The predicted octanol–water partition coefficient (Wildman–Crippen LogP) is 3.49. The highest BCUT2D eigenvalue weighted by atomic mass is 35.5. The Morgan fingerprint density at radius 2 is 1.86 bits per heavy atom. The first kappa shape index (κ1) is 30.5. The van der Waals surface area contributed by atoms with Gasteiger partial charge in [0.05, 0.1) is 21.7 Å². The van der Waals surface area contributed by atoms with E-state index in [2.05, 4.69) is 30.4 Å². The molecule has 43 heavy (non-hydrogen) atoms. The van der Waals surface area contributed by atoms with E-state index in [1.807, 2.05) is 0 Å². The minimum atomic E-state index is -5.40. The molecule has 0 saturated carbocycles. The fourth-order valence-corrected chi connectivity index (χ4v) is 6.75. The van der Waals surface area contributed by atoms with Crippen LogP contribution >= 0.6 is 23.2 Å². The molecular formula is C24H20Cl2F3N7O6S. The zero-order valence-electron chi connectivity index (χ0n) is 21.6. The highest BCUT2D eigenvalue weighted by Gasteiger charge is 2.46. The van der Waals surface area contributed by atoms with Crippen molar-refractivity contribution in [2.24, 2.45) is 0 Å². The Balaban J connectivity index is 1.47. The number of rotatable bonds is 8. The summed E-state index contributed by atoms with van der Waals surface area (Å²) < 4.78 is 71.5. The number of benzene rings is 1. The van der Waals surface area contributed by atoms with Gasteiger partial charge in [0.1, 0.15) is 16.5 Å². The maximum atomic E-state index is 13.4. The summed E-state index contributed by atoms with van der Waals surface area (Å²) in [6, 6.07) is 10.9. The molecule has 0 amide bonds. The summed E-state index contributed by atoms with van der Waals surface area (Å²) >= 11 is 12.2. The van der Waals surface area contributed by atoms with Crippen LogP contribution in [0.2, 0.25) is 10.0 Å². The lowest BCUT2D eigenvalue weighted by molar-refractivity contribution is -0.202. The molecule has 3 aromatic heterocycles. The number of hydrogen-bond donors (Lipinski definition) is 2. The van der Waals surface area contributed by atoms with Crippen molar-refractivity contribution in [1.29, 1.82) is 0 Å². The Kier molecular flexibility index (Phi) is 8.26. The molecule has 1 saturated heterocycles. The summed E-state index contributed by atoms with van der Waals surface area (Å²) in [5.74, 6) is -3.55. The third-order valence-electron chi connectivity index (χ3n) is 6.68. The van der Waals surface area contributed by atoms with Crippen LogP contribution in [0.3, 0.4) is 0 Å². The minimum Gasteiger partial charge on any atom is -0.389 e. The van der Waals surface area contributed by atoms with Crippen LogP contribution < -0.4 is 15.9 Å². The molecule has 0 atom stereocenters. The van der Waals surface area contributed by atoms with Gasteiger partial charge in [-0.1, -0.05) is 40.4 Å². The minimum absolute atomic E-state index is 0.0164. The first-order chi connectivity index (χ1) is 20.3. The van der Waals surface area contributed by atoms with Crippen molar-refractivity contribution in [1.82, 2.24) is 29.4 Å². The van der Waals surface area contributed by atoms with E-state index in [-0.39, 0.29) is 58.0 Å². The molecule has 0 bridgehead atoms. The molecule has 1 aliphatic heterocycles. The number of alkyl halides is 3. The molecule has 13 nitrogen and oxygen atoms in total. The maximum absolute atomic E-state index is 13.4. The van der Waals surface area contributed by atoms with Gasteiger partial charge in [0.25, 0.3) is 0 Å². The highest BCUT2D eigenvalue weighted by molar-refractivity contribution is 7.89. The van der Waals surface area contributed by atoms with E-state index in [1.54, 1.807) is 24.3 Å². The number of hydrogen-bond acceptors (Lipinski definition) is 10. The summed E-state index contributed by atoms with van der Waals surface area (Å²) in [5, 5.41) is 13.2. The van der Waals surface area contributed by atoms with Crippen molar-refractivity contribution >= 4 is 50.8 Å². The van der Waals surface area contributed by atoms with Crippen molar-refractivity contribution < 1.29 is 35.6 Å². The molecule has 1 aliphatic rings. The van der Waals surface area contributed by atoms with Crippen LogP contribution in [0.1, 0.15) is 24.4 Å². The Morgan fingerprint density at radius 1 is 1.14 bits per heavy atom. The molecule has 4 aromatic rings. The van der Waals surface area contributed by atoms with Crippen molar-refractivity contribution in [3.05, 3.63) is 80.8 Å². The van der Waals surface area contributed by atoms with Gasteiger partial charge in [-0.25, -0.2) is 23.0 Å². The molecule has 228 valence electrons. The zero-order valence-corrected chi connectivity index (χ0v) is 24.0. The fourth-order valence-electron chi connectivity index (χ4n) is 4.57. The summed E-state index contributed by atoms with van der Waals surface area (Å²) in [5.41, 5.74) is -0.804. The summed E-state index contributed by atoms with van der Waals surface area (Å²) in [6.07, 6.45) is -3.88. The van der Waals surface area contributed by atoms with E-state index < -0.39 is 33.3 Å². The molecule has 1 aromatic carbocycles. The van der Waals surface area contributed by atoms with E-state index in [0.29, 0.717) is 17.3 Å². The summed E-state index contributed by atoms with van der Waals surface area (Å²) in [4.78, 5) is 31.9. The number of aromatic nitrogens is 5. The molecule has 0 spiro atoms. The van der Waals surface area contributed by atoms with Crippen LogP contribution in [-0.2, 0) is 26.7 Å². The molecule has 1 fully saturated rings. The number of aromatic amines is 1. The normalized spacial score (nSPS) is 15.7. The summed E-state index contributed by atoms with van der Waals surface area (Å²) in [6.45, 7) is -0.258. The van der Waals surface area contributed by atoms with Gasteiger partial charge in [-0.15, -0.1) is 0 Å². The van der Waals surface area contributed by atoms with Crippen LogP contribution in [0, 0.1) is 0 Å². The van der Waals surface area contributed by atoms with Crippen molar-refractivity contribution in [2.75, 3.05) is 18.4 Å². The first-order valence-corrected chi connectivity index (χ1v) is 14.5. The Hall–Kier alpha value is -3.93. The lowest BCUT2D eigenvalue weighted by Gasteiger charge is -2.38. The van der Waals surface area contributed by atoms with Crippen molar-refractivity contribution in [3.63, 3.8) is 0 Å². The number of piperidine rings is 1. The predicted molar refractivity (Wildman–Crippen MR) is 144 cm³/mol. The second-order valence-corrected chi connectivity index (χ2v) is 12.1. The number of carbonyl (C=O) groups excluding carboxylic acids is 1.